The van der Waals surface area contributed by atoms with Gasteiger partial charge in [0.25, 0.3) is 0 Å². The molecule has 0 aliphatic carbocycles. The van der Waals surface area contributed by atoms with E-state index in [1.54, 1.807) is 18.3 Å². The number of anilines is 1. The maximum Gasteiger partial charge on any atom is 0.233 e. The first-order valence-corrected chi connectivity index (χ1v) is 12.0. The number of hydrogen-bond donors (Lipinski definition) is 0. The van der Waals surface area contributed by atoms with Gasteiger partial charge in [0.2, 0.25) is 5.91 Å². The maximum atomic E-state index is 13.4. The number of halogens is 1. The fraction of sp³-hybridized carbons (Fsp3) is 0.200. The number of carbonyl (C=O) groups excluding carboxylic acids is 1. The number of amides is 1. The van der Waals surface area contributed by atoms with Crippen molar-refractivity contribution in [2.24, 2.45) is 0 Å². The molecule has 1 amide bonds. The van der Waals surface area contributed by atoms with Gasteiger partial charge < -0.3 is 9.80 Å². The topological polar surface area (TPSA) is 67.2 Å². The lowest BCUT2D eigenvalue weighted by Gasteiger charge is -2.35. The second-order valence-electron chi connectivity index (χ2n) is 7.83. The summed E-state index contributed by atoms with van der Waals surface area (Å²) in [5.41, 5.74) is 1.63. The third-order valence-electron chi connectivity index (χ3n) is 5.68. The van der Waals surface area contributed by atoms with Crippen molar-refractivity contribution in [2.75, 3.05) is 36.8 Å². The van der Waals surface area contributed by atoms with Crippen LogP contribution in [0.1, 0.15) is 0 Å². The number of nitrogens with zero attached hydrogens (tertiary/aromatic N) is 6. The molecular weight excluding hydrogens is 451 g/mol. The Morgan fingerprint density at radius 3 is 2.32 bits per heavy atom. The minimum Gasteiger partial charge on any atom is -0.353 e. The minimum atomic E-state index is -0.308. The number of piperazine rings is 1. The van der Waals surface area contributed by atoms with Crippen LogP contribution in [-0.4, -0.2) is 62.5 Å². The molecule has 0 N–H and O–H groups in total. The van der Waals surface area contributed by atoms with Crippen molar-refractivity contribution in [2.45, 2.75) is 5.16 Å². The van der Waals surface area contributed by atoms with E-state index in [1.807, 2.05) is 58.0 Å². The van der Waals surface area contributed by atoms with Gasteiger partial charge in [-0.25, -0.2) is 9.37 Å². The highest BCUT2D eigenvalue weighted by atomic mass is 32.2. The lowest BCUT2D eigenvalue weighted by atomic mass is 10.2. The molecule has 5 rings (SSSR count). The van der Waals surface area contributed by atoms with Crippen LogP contribution >= 0.6 is 11.8 Å². The molecule has 2 aromatic heterocycles. The Morgan fingerprint density at radius 1 is 0.882 bits per heavy atom. The fourth-order valence-electron chi connectivity index (χ4n) is 3.90. The zero-order valence-corrected chi connectivity index (χ0v) is 19.2. The summed E-state index contributed by atoms with van der Waals surface area (Å²) in [6, 6.07) is 21.7. The Kier molecular flexibility index (Phi) is 6.53. The predicted molar refractivity (Wildman–Crippen MR) is 131 cm³/mol. The van der Waals surface area contributed by atoms with Gasteiger partial charge in [-0.2, -0.15) is 0 Å². The Labute approximate surface area is 201 Å². The van der Waals surface area contributed by atoms with E-state index in [2.05, 4.69) is 20.1 Å². The summed E-state index contributed by atoms with van der Waals surface area (Å²) < 4.78 is 15.3. The first-order valence-electron chi connectivity index (χ1n) is 11.0. The van der Waals surface area contributed by atoms with E-state index < -0.39 is 0 Å². The van der Waals surface area contributed by atoms with Crippen molar-refractivity contribution in [3.05, 3.63) is 84.8 Å². The van der Waals surface area contributed by atoms with Crippen LogP contribution < -0.4 is 4.90 Å². The van der Waals surface area contributed by atoms with Crippen molar-refractivity contribution in [3.8, 4) is 17.1 Å². The summed E-state index contributed by atoms with van der Waals surface area (Å²) in [5, 5.41) is 9.33. The standard InChI is InChI=1S/C25H23FN6OS/c26-20-11-9-19(10-12-20)24-28-29-25(32(24)21-6-2-1-3-7-21)34-18-23(33)31-16-14-30(15-17-31)22-8-4-5-13-27-22/h1-13H,14-18H2. The van der Waals surface area contributed by atoms with Crippen LogP contribution in [0.5, 0.6) is 0 Å². The average Bonchev–Trinajstić information content (AvgIpc) is 3.33. The number of hydrogen-bond acceptors (Lipinski definition) is 6. The van der Waals surface area contributed by atoms with Gasteiger partial charge in [-0.1, -0.05) is 36.0 Å². The van der Waals surface area contributed by atoms with Crippen LogP contribution in [0.2, 0.25) is 0 Å². The van der Waals surface area contributed by atoms with E-state index in [0.29, 0.717) is 24.1 Å². The number of para-hydroxylation sites is 1. The number of pyridine rings is 1. The van der Waals surface area contributed by atoms with Gasteiger partial charge in [-0.05, 0) is 48.5 Å². The molecule has 0 spiro atoms. The highest BCUT2D eigenvalue weighted by Crippen LogP contribution is 2.28. The largest absolute Gasteiger partial charge is 0.353 e. The summed E-state index contributed by atoms with van der Waals surface area (Å²) >= 11 is 1.36. The molecule has 9 heteroatoms. The van der Waals surface area contributed by atoms with E-state index >= 15 is 0 Å². The summed E-state index contributed by atoms with van der Waals surface area (Å²) in [6.07, 6.45) is 1.78. The third kappa shape index (κ3) is 4.79. The molecule has 34 heavy (non-hydrogen) atoms. The molecule has 0 saturated carbocycles. The number of carbonyl (C=O) groups is 1. The van der Waals surface area contributed by atoms with Gasteiger partial charge >= 0.3 is 0 Å². The molecule has 172 valence electrons. The molecule has 0 radical (unpaired) electrons. The van der Waals surface area contributed by atoms with E-state index in [-0.39, 0.29) is 17.5 Å². The van der Waals surface area contributed by atoms with Crippen LogP contribution in [-0.2, 0) is 4.79 Å². The van der Waals surface area contributed by atoms with Crippen LogP contribution in [0.25, 0.3) is 17.1 Å². The monoisotopic (exact) mass is 474 g/mol. The summed E-state index contributed by atoms with van der Waals surface area (Å²) in [6.45, 7) is 2.81. The lowest BCUT2D eigenvalue weighted by molar-refractivity contribution is -0.128. The van der Waals surface area contributed by atoms with Gasteiger partial charge in [-0.15, -0.1) is 10.2 Å². The molecule has 4 aromatic rings. The van der Waals surface area contributed by atoms with Gasteiger partial charge in [0, 0.05) is 43.6 Å². The molecule has 1 aliphatic heterocycles. The number of thioether (sulfide) groups is 1. The normalized spacial score (nSPS) is 13.8. The number of aromatic nitrogens is 4. The maximum absolute atomic E-state index is 13.4. The lowest BCUT2D eigenvalue weighted by Crippen LogP contribution is -2.49. The molecule has 3 heterocycles. The molecule has 1 aliphatic rings. The average molecular weight is 475 g/mol. The Morgan fingerprint density at radius 2 is 1.62 bits per heavy atom. The SMILES string of the molecule is O=C(CSc1nnc(-c2ccc(F)cc2)n1-c1ccccc1)N1CCN(c2ccccn2)CC1. The summed E-state index contributed by atoms with van der Waals surface area (Å²) in [5.74, 6) is 1.56. The van der Waals surface area contributed by atoms with Gasteiger partial charge in [-0.3, -0.25) is 9.36 Å². The van der Waals surface area contributed by atoms with Crippen molar-refractivity contribution in [3.63, 3.8) is 0 Å². The second-order valence-corrected chi connectivity index (χ2v) is 8.77. The zero-order valence-electron chi connectivity index (χ0n) is 18.4. The smallest absolute Gasteiger partial charge is 0.233 e. The number of rotatable bonds is 6. The molecular formula is C25H23FN6OS. The molecule has 1 fully saturated rings. The Hall–Kier alpha value is -3.72. The third-order valence-corrected chi connectivity index (χ3v) is 6.59. The van der Waals surface area contributed by atoms with E-state index in [1.165, 1.54) is 23.9 Å². The van der Waals surface area contributed by atoms with Crippen molar-refractivity contribution >= 4 is 23.5 Å². The molecule has 1 saturated heterocycles. The first-order chi connectivity index (χ1) is 16.7. The van der Waals surface area contributed by atoms with E-state index in [9.17, 15) is 9.18 Å². The molecule has 0 atom stereocenters. The first kappa shape index (κ1) is 22.1. The fourth-order valence-corrected chi connectivity index (χ4v) is 4.76. The van der Waals surface area contributed by atoms with Crippen molar-refractivity contribution < 1.29 is 9.18 Å². The van der Waals surface area contributed by atoms with Gasteiger partial charge in [0.05, 0.1) is 5.75 Å². The van der Waals surface area contributed by atoms with Crippen molar-refractivity contribution in [1.82, 2.24) is 24.6 Å². The Balaban J connectivity index is 1.29. The quantitative estimate of drug-likeness (QED) is 0.395. The van der Waals surface area contributed by atoms with Gasteiger partial charge in [0.1, 0.15) is 11.6 Å². The minimum absolute atomic E-state index is 0.0663. The predicted octanol–water partition coefficient (Wildman–Crippen LogP) is 3.91. The van der Waals surface area contributed by atoms with Crippen LogP contribution in [0.15, 0.2) is 84.1 Å². The molecule has 7 nitrogen and oxygen atoms in total. The molecule has 0 bridgehead atoms. The van der Waals surface area contributed by atoms with Crippen LogP contribution in [0.4, 0.5) is 10.2 Å². The van der Waals surface area contributed by atoms with Crippen LogP contribution in [0, 0.1) is 5.82 Å². The zero-order chi connectivity index (χ0) is 23.3. The van der Waals surface area contributed by atoms with E-state index in [0.717, 1.165) is 30.2 Å². The summed E-state index contributed by atoms with van der Waals surface area (Å²) in [4.78, 5) is 21.4. The second kappa shape index (κ2) is 10.0. The van der Waals surface area contributed by atoms with Gasteiger partial charge in [0.15, 0.2) is 11.0 Å². The van der Waals surface area contributed by atoms with E-state index in [4.69, 9.17) is 0 Å². The highest BCUT2D eigenvalue weighted by Gasteiger charge is 2.23. The molecule has 2 aromatic carbocycles. The number of benzene rings is 2. The highest BCUT2D eigenvalue weighted by molar-refractivity contribution is 7.99. The summed E-state index contributed by atoms with van der Waals surface area (Å²) in [7, 11) is 0. The van der Waals surface area contributed by atoms with Crippen LogP contribution in [0.3, 0.4) is 0 Å². The Bertz CT molecular complexity index is 1240. The van der Waals surface area contributed by atoms with Crippen molar-refractivity contribution in [1.29, 1.82) is 0 Å². The molecule has 0 unspecified atom stereocenters.